The fourth-order valence-corrected chi connectivity index (χ4v) is 6.07. The Balaban J connectivity index is 1.67. The van der Waals surface area contributed by atoms with Gasteiger partial charge in [0.25, 0.3) is 5.56 Å². The van der Waals surface area contributed by atoms with Gasteiger partial charge in [-0.15, -0.1) is 0 Å². The summed E-state index contributed by atoms with van der Waals surface area (Å²) in [6.07, 6.45) is -5.58. The number of rotatable bonds is 11. The van der Waals surface area contributed by atoms with Gasteiger partial charge in [0.1, 0.15) is 29.6 Å². The number of H-pyrrole nitrogens is 1. The molecule has 0 spiro atoms. The van der Waals surface area contributed by atoms with Crippen LogP contribution in [0.2, 0.25) is 0 Å². The number of hydrogen-bond donors (Lipinski definition) is 4. The van der Waals surface area contributed by atoms with E-state index in [-0.39, 0.29) is 18.1 Å². The standard InChI is InChI=1S/C27H34N3O10P/c1-16(2)14-19(24(33)37-4)29-41(36,40-20-11-7-9-17-8-5-6-10-18(17)20)38-15-21-23(32)27(3,35)25(39-21)30-13-12-22(31)28-26(30)34/h5-13,16,19,21,23,25,32,35H,14-15H2,1-4H3,(H,29,36)(H,28,31,34)/t19?,21-,23-,25-,27-,41?/m1/s1/i12D,13D. The molecule has 3 aromatic rings. The van der Waals surface area contributed by atoms with Crippen molar-refractivity contribution in [3.05, 3.63) is 75.5 Å². The third-order valence-electron chi connectivity index (χ3n) is 6.60. The predicted molar refractivity (Wildman–Crippen MR) is 148 cm³/mol. The molecule has 0 saturated carbocycles. The number of hydrogen-bond acceptors (Lipinski definition) is 10. The maximum absolute atomic E-state index is 14.3. The van der Waals surface area contributed by atoms with Crippen molar-refractivity contribution in [2.45, 2.75) is 57.3 Å². The van der Waals surface area contributed by atoms with Crippen molar-refractivity contribution in [2.75, 3.05) is 13.7 Å². The van der Waals surface area contributed by atoms with Crippen LogP contribution in [0.25, 0.3) is 10.8 Å². The van der Waals surface area contributed by atoms with Gasteiger partial charge in [-0.05, 0) is 30.7 Å². The molecule has 222 valence electrons. The third-order valence-corrected chi connectivity index (χ3v) is 8.16. The summed E-state index contributed by atoms with van der Waals surface area (Å²) < 4.78 is 52.8. The Hall–Kier alpha value is -3.32. The van der Waals surface area contributed by atoms with Gasteiger partial charge in [0.05, 0.1) is 16.5 Å². The molecule has 13 nitrogen and oxygen atoms in total. The summed E-state index contributed by atoms with van der Waals surface area (Å²) >= 11 is 0. The molecule has 0 bridgehead atoms. The lowest BCUT2D eigenvalue weighted by Gasteiger charge is -2.28. The van der Waals surface area contributed by atoms with Crippen LogP contribution in [0.3, 0.4) is 0 Å². The number of carbonyl (C=O) groups excluding carboxylic acids is 1. The summed E-state index contributed by atoms with van der Waals surface area (Å²) in [5.41, 5.74) is -4.48. The fourth-order valence-electron chi connectivity index (χ4n) is 4.54. The summed E-state index contributed by atoms with van der Waals surface area (Å²) in [7, 11) is -3.30. The average Bonchev–Trinajstić information content (AvgIpc) is 3.17. The van der Waals surface area contributed by atoms with Gasteiger partial charge in [-0.1, -0.05) is 50.2 Å². The monoisotopic (exact) mass is 593 g/mol. The lowest BCUT2D eigenvalue weighted by atomic mass is 9.96. The number of aliphatic hydroxyl groups excluding tert-OH is 1. The smallest absolute Gasteiger partial charge is 0.459 e. The van der Waals surface area contributed by atoms with Crippen molar-refractivity contribution < 1.29 is 40.8 Å². The molecule has 2 unspecified atom stereocenters. The first kappa shape index (κ1) is 27.8. The zero-order valence-electron chi connectivity index (χ0n) is 24.9. The molecule has 0 amide bonds. The van der Waals surface area contributed by atoms with Gasteiger partial charge in [0.2, 0.25) is 0 Å². The molecule has 1 aromatic heterocycles. The van der Waals surface area contributed by atoms with Crippen LogP contribution < -0.4 is 20.9 Å². The van der Waals surface area contributed by atoms with E-state index in [2.05, 4.69) is 5.09 Å². The summed E-state index contributed by atoms with van der Waals surface area (Å²) in [5, 5.41) is 26.0. The largest absolute Gasteiger partial charge is 0.468 e. The Bertz CT molecular complexity index is 1650. The highest BCUT2D eigenvalue weighted by molar-refractivity contribution is 7.52. The van der Waals surface area contributed by atoms with Crippen LogP contribution in [-0.4, -0.2) is 63.3 Å². The first-order valence-electron chi connectivity index (χ1n) is 13.8. The second-order valence-electron chi connectivity index (χ2n) is 10.3. The summed E-state index contributed by atoms with van der Waals surface area (Å²) in [6.45, 7) is 4.14. The summed E-state index contributed by atoms with van der Waals surface area (Å²) in [5.74, 6) is -0.581. The van der Waals surface area contributed by atoms with Crippen molar-refractivity contribution in [3.8, 4) is 5.75 Å². The van der Waals surface area contributed by atoms with Gasteiger partial charge in [0, 0.05) is 17.6 Å². The molecular weight excluding hydrogens is 557 g/mol. The van der Waals surface area contributed by atoms with Crippen molar-refractivity contribution in [2.24, 2.45) is 5.92 Å². The molecule has 1 fully saturated rings. The number of esters is 1. The number of benzene rings is 2. The van der Waals surface area contributed by atoms with E-state index < -0.39 is 73.9 Å². The van der Waals surface area contributed by atoms with E-state index in [0.717, 1.165) is 12.3 Å². The number of aliphatic hydroxyl groups is 2. The second-order valence-corrected chi connectivity index (χ2v) is 12.0. The van der Waals surface area contributed by atoms with Crippen LogP contribution in [0.5, 0.6) is 5.75 Å². The Morgan fingerprint density at radius 1 is 1.27 bits per heavy atom. The lowest BCUT2D eigenvalue weighted by Crippen LogP contribution is -2.47. The van der Waals surface area contributed by atoms with Gasteiger partial charge < -0.3 is 24.2 Å². The number of ether oxygens (including phenoxy) is 2. The molecule has 14 heteroatoms. The van der Waals surface area contributed by atoms with Crippen LogP contribution in [0, 0.1) is 5.92 Å². The Labute approximate surface area is 238 Å². The molecule has 1 aliphatic rings. The Morgan fingerprint density at radius 2 is 1.98 bits per heavy atom. The number of aromatic amines is 1. The van der Waals surface area contributed by atoms with Crippen LogP contribution in [-0.2, 0) is 23.4 Å². The summed E-state index contributed by atoms with van der Waals surface area (Å²) in [4.78, 5) is 38.7. The molecule has 1 saturated heterocycles. The second kappa shape index (κ2) is 12.3. The van der Waals surface area contributed by atoms with E-state index in [1.54, 1.807) is 24.3 Å². The van der Waals surface area contributed by atoms with Crippen molar-refractivity contribution in [3.63, 3.8) is 0 Å². The number of fused-ring (bicyclic) bond motifs is 1. The first-order valence-corrected chi connectivity index (χ1v) is 14.4. The third kappa shape index (κ3) is 6.78. The fraction of sp³-hybridized carbons (Fsp3) is 0.444. The molecule has 4 rings (SSSR count). The van der Waals surface area contributed by atoms with E-state index in [1.807, 2.05) is 37.0 Å². The average molecular weight is 594 g/mol. The highest BCUT2D eigenvalue weighted by atomic mass is 31.2. The van der Waals surface area contributed by atoms with E-state index >= 15 is 0 Å². The lowest BCUT2D eigenvalue weighted by molar-refractivity contribution is -0.143. The van der Waals surface area contributed by atoms with Gasteiger partial charge in [-0.2, -0.15) is 5.09 Å². The van der Waals surface area contributed by atoms with E-state index in [0.29, 0.717) is 9.95 Å². The minimum absolute atomic E-state index is 0.0323. The van der Waals surface area contributed by atoms with Crippen molar-refractivity contribution in [1.29, 1.82) is 0 Å². The zero-order chi connectivity index (χ0) is 31.7. The predicted octanol–water partition coefficient (Wildman–Crippen LogP) is 2.08. The quantitative estimate of drug-likeness (QED) is 0.189. The van der Waals surface area contributed by atoms with Crippen LogP contribution >= 0.6 is 7.75 Å². The van der Waals surface area contributed by atoms with E-state index in [9.17, 15) is 29.2 Å². The molecule has 2 heterocycles. The number of nitrogens with one attached hydrogen (secondary N) is 2. The maximum Gasteiger partial charge on any atom is 0.459 e. The summed E-state index contributed by atoms with van der Waals surface area (Å²) in [6, 6.07) is 10.2. The van der Waals surface area contributed by atoms with Crippen LogP contribution in [0.15, 0.2) is 64.3 Å². The van der Waals surface area contributed by atoms with Gasteiger partial charge in [-0.3, -0.25) is 23.7 Å². The molecule has 2 aromatic carbocycles. The minimum Gasteiger partial charge on any atom is -0.468 e. The molecule has 4 N–H and O–H groups in total. The molecule has 6 atom stereocenters. The van der Waals surface area contributed by atoms with Crippen LogP contribution in [0.4, 0.5) is 0 Å². The van der Waals surface area contributed by atoms with Gasteiger partial charge >= 0.3 is 19.4 Å². The maximum atomic E-state index is 14.3. The molecule has 0 radical (unpaired) electrons. The number of carbonyl (C=O) groups is 1. The normalized spacial score (nSPS) is 25.4. The van der Waals surface area contributed by atoms with Gasteiger partial charge in [-0.25, -0.2) is 9.36 Å². The SMILES string of the molecule is [2H]c1c([2H])n([C@@H]2O[C@H](COP(=O)(NC(CC(C)C)C(=O)OC)Oc3cccc4ccccc34)[C@@H](O)[C@@]2(C)O)c(=O)[nH]c1=O. The molecule has 41 heavy (non-hydrogen) atoms. The Morgan fingerprint density at radius 3 is 2.68 bits per heavy atom. The van der Waals surface area contributed by atoms with Crippen molar-refractivity contribution in [1.82, 2.24) is 14.6 Å². The molecule has 0 aliphatic carbocycles. The van der Waals surface area contributed by atoms with Crippen molar-refractivity contribution >= 4 is 24.5 Å². The Kier molecular flexibility index (Phi) is 8.33. The number of methoxy groups -OCH3 is 1. The minimum atomic E-state index is -4.48. The number of aromatic nitrogens is 2. The van der Waals surface area contributed by atoms with Crippen LogP contribution in [0.1, 0.15) is 36.2 Å². The van der Waals surface area contributed by atoms with E-state index in [4.69, 9.17) is 21.3 Å². The van der Waals surface area contributed by atoms with E-state index in [1.165, 1.54) is 7.11 Å². The van der Waals surface area contributed by atoms with Gasteiger partial charge in [0.15, 0.2) is 6.23 Å². The highest BCUT2D eigenvalue weighted by Gasteiger charge is 2.54. The first-order chi connectivity index (χ1) is 20.2. The molecule has 1 aliphatic heterocycles. The topological polar surface area (TPSA) is 178 Å². The molecular formula is C27H34N3O10P. The zero-order valence-corrected chi connectivity index (χ0v) is 23.8. The number of nitrogens with zero attached hydrogens (tertiary/aromatic N) is 1. The highest BCUT2D eigenvalue weighted by Crippen LogP contribution is 2.48.